The molecule has 1 amide bonds. The summed E-state index contributed by atoms with van der Waals surface area (Å²) in [6.45, 7) is 7.71. The first kappa shape index (κ1) is 15.7. The molecule has 2 aromatic heterocycles. The quantitative estimate of drug-likeness (QED) is 0.889. The summed E-state index contributed by atoms with van der Waals surface area (Å²) in [6, 6.07) is 0. The molecular formula is C15H22N4OS. The van der Waals surface area contributed by atoms with Gasteiger partial charge in [0.05, 0.1) is 10.3 Å². The van der Waals surface area contributed by atoms with Gasteiger partial charge in [-0.25, -0.2) is 9.97 Å². The molecule has 1 N–H and O–H groups in total. The first-order valence-electron chi connectivity index (χ1n) is 7.33. The van der Waals surface area contributed by atoms with Crippen LogP contribution >= 0.6 is 11.3 Å². The lowest BCUT2D eigenvalue weighted by molar-refractivity contribution is 0.0797. The molecule has 0 saturated carbocycles. The molecule has 2 rings (SSSR count). The first-order chi connectivity index (χ1) is 10.1. The summed E-state index contributed by atoms with van der Waals surface area (Å²) in [6.07, 6.45) is 3.65. The number of rotatable bonds is 6. The zero-order valence-corrected chi connectivity index (χ0v) is 13.9. The number of nitrogens with zero attached hydrogens (tertiary/aromatic N) is 3. The van der Waals surface area contributed by atoms with E-state index in [2.05, 4.69) is 22.2 Å². The third-order valence-corrected chi connectivity index (χ3v) is 4.65. The fraction of sp³-hybridized carbons (Fsp3) is 0.533. The predicted molar refractivity (Wildman–Crippen MR) is 88.2 cm³/mol. The molecule has 2 aromatic rings. The Morgan fingerprint density at radius 2 is 2.14 bits per heavy atom. The molecule has 0 aliphatic carbocycles. The van der Waals surface area contributed by atoms with Crippen LogP contribution in [0, 0.1) is 6.92 Å². The minimum atomic E-state index is 0.0754. The lowest BCUT2D eigenvalue weighted by Crippen LogP contribution is -2.27. The second kappa shape index (κ2) is 6.85. The molecule has 0 aliphatic rings. The Balaban J connectivity index is 2.39. The van der Waals surface area contributed by atoms with Crippen molar-refractivity contribution in [3.05, 3.63) is 16.8 Å². The number of aryl methyl sites for hydroxylation is 1. The van der Waals surface area contributed by atoms with E-state index in [1.165, 1.54) is 11.3 Å². The van der Waals surface area contributed by atoms with E-state index in [4.69, 9.17) is 0 Å². The first-order valence-corrected chi connectivity index (χ1v) is 8.15. The lowest BCUT2D eigenvalue weighted by atomic mass is 10.2. The van der Waals surface area contributed by atoms with Crippen molar-refractivity contribution in [2.75, 3.05) is 25.5 Å². The molecule has 0 saturated heterocycles. The van der Waals surface area contributed by atoms with Crippen molar-refractivity contribution in [3.8, 4) is 0 Å². The molecule has 0 atom stereocenters. The van der Waals surface area contributed by atoms with Gasteiger partial charge in [-0.15, -0.1) is 11.3 Å². The number of carbonyl (C=O) groups excluding carboxylic acids is 1. The average Bonchev–Trinajstić information content (AvgIpc) is 2.82. The highest BCUT2D eigenvalue weighted by Crippen LogP contribution is 2.33. The largest absolute Gasteiger partial charge is 0.370 e. The second-order valence-electron chi connectivity index (χ2n) is 5.07. The highest BCUT2D eigenvalue weighted by Gasteiger charge is 2.21. The van der Waals surface area contributed by atoms with Crippen LogP contribution in [0.2, 0.25) is 0 Å². The maximum atomic E-state index is 12.6. The Bertz CT molecular complexity index is 638. The lowest BCUT2D eigenvalue weighted by Gasteiger charge is -2.16. The van der Waals surface area contributed by atoms with Crippen molar-refractivity contribution in [2.24, 2.45) is 0 Å². The van der Waals surface area contributed by atoms with E-state index in [-0.39, 0.29) is 5.91 Å². The van der Waals surface area contributed by atoms with Crippen LogP contribution < -0.4 is 5.32 Å². The number of hydrogen-bond acceptors (Lipinski definition) is 5. The van der Waals surface area contributed by atoms with Crippen LogP contribution in [-0.4, -0.2) is 40.9 Å². The van der Waals surface area contributed by atoms with Crippen molar-refractivity contribution in [1.29, 1.82) is 0 Å². The topological polar surface area (TPSA) is 58.1 Å². The predicted octanol–water partition coefficient (Wildman–Crippen LogP) is 3.30. The maximum absolute atomic E-state index is 12.6. The SMILES string of the molecule is CCCCN(C)C(=O)c1sc2ncnc(NCC)c2c1C. The highest BCUT2D eigenvalue weighted by atomic mass is 32.1. The molecule has 0 spiro atoms. The van der Waals surface area contributed by atoms with Gasteiger partial charge in [-0.3, -0.25) is 4.79 Å². The van der Waals surface area contributed by atoms with Gasteiger partial charge in [0.15, 0.2) is 0 Å². The van der Waals surface area contributed by atoms with Crippen LogP contribution in [0.25, 0.3) is 10.2 Å². The summed E-state index contributed by atoms with van der Waals surface area (Å²) in [5.41, 5.74) is 0.972. The summed E-state index contributed by atoms with van der Waals surface area (Å²) in [5, 5.41) is 4.21. The normalized spacial score (nSPS) is 10.9. The maximum Gasteiger partial charge on any atom is 0.264 e. The van der Waals surface area contributed by atoms with Gasteiger partial charge in [0.25, 0.3) is 5.91 Å². The minimum absolute atomic E-state index is 0.0754. The Morgan fingerprint density at radius 3 is 2.81 bits per heavy atom. The molecule has 2 heterocycles. The molecular weight excluding hydrogens is 284 g/mol. The van der Waals surface area contributed by atoms with Gasteiger partial charge in [-0.2, -0.15) is 0 Å². The molecule has 0 unspecified atom stereocenters. The van der Waals surface area contributed by atoms with E-state index in [0.29, 0.717) is 0 Å². The summed E-state index contributed by atoms with van der Waals surface area (Å²) in [7, 11) is 1.86. The number of amides is 1. The molecule has 21 heavy (non-hydrogen) atoms. The summed E-state index contributed by atoms with van der Waals surface area (Å²) in [4.78, 5) is 24.6. The molecule has 114 valence electrons. The summed E-state index contributed by atoms with van der Waals surface area (Å²) in [5.74, 6) is 0.887. The number of aromatic nitrogens is 2. The zero-order chi connectivity index (χ0) is 15.4. The fourth-order valence-corrected chi connectivity index (χ4v) is 3.39. The van der Waals surface area contributed by atoms with E-state index >= 15 is 0 Å². The highest BCUT2D eigenvalue weighted by molar-refractivity contribution is 7.20. The van der Waals surface area contributed by atoms with Gasteiger partial charge in [0.1, 0.15) is 17.0 Å². The fourth-order valence-electron chi connectivity index (χ4n) is 2.25. The summed E-state index contributed by atoms with van der Waals surface area (Å²) < 4.78 is 0. The van der Waals surface area contributed by atoms with Crippen LogP contribution in [0.4, 0.5) is 5.82 Å². The number of fused-ring (bicyclic) bond motifs is 1. The number of anilines is 1. The zero-order valence-electron chi connectivity index (χ0n) is 13.1. The van der Waals surface area contributed by atoms with Gasteiger partial charge in [-0.1, -0.05) is 13.3 Å². The van der Waals surface area contributed by atoms with Gasteiger partial charge >= 0.3 is 0 Å². The van der Waals surface area contributed by atoms with Crippen LogP contribution in [0.5, 0.6) is 0 Å². The van der Waals surface area contributed by atoms with Crippen LogP contribution in [-0.2, 0) is 0 Å². The minimum Gasteiger partial charge on any atom is -0.370 e. The van der Waals surface area contributed by atoms with E-state index in [9.17, 15) is 4.79 Å². The average molecular weight is 306 g/mol. The molecule has 0 aliphatic heterocycles. The number of thiophene rings is 1. The van der Waals surface area contributed by atoms with Gasteiger partial charge in [0.2, 0.25) is 0 Å². The number of hydrogen-bond donors (Lipinski definition) is 1. The molecule has 5 nitrogen and oxygen atoms in total. The van der Waals surface area contributed by atoms with E-state index in [1.54, 1.807) is 11.2 Å². The van der Waals surface area contributed by atoms with Crippen LogP contribution in [0.3, 0.4) is 0 Å². The van der Waals surface area contributed by atoms with Crippen LogP contribution in [0.1, 0.15) is 41.9 Å². The number of carbonyl (C=O) groups is 1. The van der Waals surface area contributed by atoms with Crippen molar-refractivity contribution < 1.29 is 4.79 Å². The van der Waals surface area contributed by atoms with Gasteiger partial charge in [-0.05, 0) is 25.8 Å². The molecule has 6 heteroatoms. The molecule has 0 bridgehead atoms. The van der Waals surface area contributed by atoms with Crippen molar-refractivity contribution in [2.45, 2.75) is 33.6 Å². The number of nitrogens with one attached hydrogen (secondary N) is 1. The van der Waals surface area contributed by atoms with Crippen LogP contribution in [0.15, 0.2) is 6.33 Å². The molecule has 0 aromatic carbocycles. The Labute approximate surface area is 129 Å². The monoisotopic (exact) mass is 306 g/mol. The third-order valence-electron chi connectivity index (χ3n) is 3.46. The van der Waals surface area contributed by atoms with Crippen molar-refractivity contribution in [3.63, 3.8) is 0 Å². The van der Waals surface area contributed by atoms with E-state index in [1.807, 2.05) is 20.9 Å². The van der Waals surface area contributed by atoms with E-state index < -0.39 is 0 Å². The standard InChI is InChI=1S/C15H22N4OS/c1-5-7-8-19(4)15(20)12-10(3)11-13(16-6-2)17-9-18-14(11)21-12/h9H,5-8H2,1-4H3,(H,16,17,18). The van der Waals surface area contributed by atoms with Gasteiger partial charge < -0.3 is 10.2 Å². The van der Waals surface area contributed by atoms with E-state index in [0.717, 1.165) is 52.4 Å². The Morgan fingerprint density at radius 1 is 1.38 bits per heavy atom. The third kappa shape index (κ3) is 3.15. The smallest absolute Gasteiger partial charge is 0.264 e. The van der Waals surface area contributed by atoms with Crippen molar-refractivity contribution >= 4 is 33.3 Å². The Hall–Kier alpha value is -1.69. The van der Waals surface area contributed by atoms with Gasteiger partial charge in [0, 0.05) is 20.1 Å². The second-order valence-corrected chi connectivity index (χ2v) is 6.07. The molecule has 0 fully saturated rings. The Kier molecular flexibility index (Phi) is 5.12. The number of unbranched alkanes of at least 4 members (excludes halogenated alkanes) is 1. The van der Waals surface area contributed by atoms with Crippen molar-refractivity contribution in [1.82, 2.24) is 14.9 Å². The summed E-state index contributed by atoms with van der Waals surface area (Å²) >= 11 is 1.45. The molecule has 0 radical (unpaired) electrons.